The van der Waals surface area contributed by atoms with Gasteiger partial charge in [-0.15, -0.1) is 0 Å². The third-order valence-corrected chi connectivity index (χ3v) is 1.85. The van der Waals surface area contributed by atoms with Crippen LogP contribution in [-0.4, -0.2) is 24.8 Å². The van der Waals surface area contributed by atoms with E-state index in [1.165, 1.54) is 13.2 Å². The van der Waals surface area contributed by atoms with Gasteiger partial charge in [-0.05, 0) is 17.7 Å². The summed E-state index contributed by atoms with van der Waals surface area (Å²) in [7, 11) is 1.52. The van der Waals surface area contributed by atoms with Gasteiger partial charge in [0.05, 0.1) is 6.54 Å². The molecule has 0 saturated carbocycles. The van der Waals surface area contributed by atoms with Gasteiger partial charge in [-0.1, -0.05) is 12.1 Å². The van der Waals surface area contributed by atoms with Gasteiger partial charge in [0.15, 0.2) is 0 Å². The van der Waals surface area contributed by atoms with Gasteiger partial charge in [-0.2, -0.15) is 0 Å². The number of isocyanates is 1. The number of aromatic hydroxyl groups is 1. The zero-order valence-corrected chi connectivity index (χ0v) is 7.80. The Bertz CT molecular complexity index is 345. The van der Waals surface area contributed by atoms with E-state index in [2.05, 4.69) is 4.99 Å². The lowest BCUT2D eigenvalue weighted by molar-refractivity contribution is 0.111. The average molecular weight is 193 g/mol. The molecule has 0 aliphatic carbocycles. The van der Waals surface area contributed by atoms with E-state index in [0.717, 1.165) is 5.56 Å². The maximum atomic E-state index is 9.93. The predicted molar refractivity (Wildman–Crippen MR) is 50.8 cm³/mol. The number of hydrogen-bond acceptors (Lipinski definition) is 4. The number of methoxy groups -OCH3 is 1. The summed E-state index contributed by atoms with van der Waals surface area (Å²) >= 11 is 0. The van der Waals surface area contributed by atoms with Crippen molar-refractivity contribution >= 4 is 6.08 Å². The fourth-order valence-electron chi connectivity index (χ4n) is 1.16. The van der Waals surface area contributed by atoms with Crippen molar-refractivity contribution in [2.75, 3.05) is 13.7 Å². The minimum atomic E-state index is -0.316. The van der Waals surface area contributed by atoms with Crippen molar-refractivity contribution in [3.05, 3.63) is 29.8 Å². The van der Waals surface area contributed by atoms with Gasteiger partial charge in [0.1, 0.15) is 11.9 Å². The quantitative estimate of drug-likeness (QED) is 0.581. The minimum Gasteiger partial charge on any atom is -0.508 e. The van der Waals surface area contributed by atoms with Crippen molar-refractivity contribution in [2.24, 2.45) is 4.99 Å². The average Bonchev–Trinajstić information content (AvgIpc) is 2.19. The summed E-state index contributed by atoms with van der Waals surface area (Å²) in [6.07, 6.45) is 1.13. The van der Waals surface area contributed by atoms with Crippen LogP contribution in [0.15, 0.2) is 29.3 Å². The smallest absolute Gasteiger partial charge is 0.235 e. The van der Waals surface area contributed by atoms with E-state index < -0.39 is 0 Å². The zero-order valence-electron chi connectivity index (χ0n) is 7.80. The minimum absolute atomic E-state index is 0.166. The fraction of sp³-hybridized carbons (Fsp3) is 0.300. The highest BCUT2D eigenvalue weighted by Crippen LogP contribution is 2.20. The molecule has 14 heavy (non-hydrogen) atoms. The molecule has 0 heterocycles. The normalized spacial score (nSPS) is 11.8. The molecule has 0 saturated heterocycles. The molecule has 1 aromatic rings. The van der Waals surface area contributed by atoms with Gasteiger partial charge in [0.2, 0.25) is 6.08 Å². The van der Waals surface area contributed by atoms with E-state index in [-0.39, 0.29) is 18.4 Å². The van der Waals surface area contributed by atoms with Crippen molar-refractivity contribution < 1.29 is 14.6 Å². The largest absolute Gasteiger partial charge is 0.508 e. The van der Waals surface area contributed by atoms with Gasteiger partial charge in [0, 0.05) is 7.11 Å². The summed E-state index contributed by atoms with van der Waals surface area (Å²) in [6, 6.07) is 6.66. The summed E-state index contributed by atoms with van der Waals surface area (Å²) in [5.74, 6) is 0.166. The topological polar surface area (TPSA) is 58.9 Å². The second-order valence-electron chi connectivity index (χ2n) is 2.75. The van der Waals surface area contributed by atoms with Gasteiger partial charge >= 0.3 is 0 Å². The maximum absolute atomic E-state index is 9.93. The highest BCUT2D eigenvalue weighted by molar-refractivity contribution is 5.34. The molecule has 4 nitrogen and oxygen atoms in total. The molecule has 0 aliphatic rings. The summed E-state index contributed by atoms with van der Waals surface area (Å²) in [5.41, 5.74) is 0.784. The van der Waals surface area contributed by atoms with Crippen LogP contribution in [0.4, 0.5) is 0 Å². The Balaban J connectivity index is 2.83. The van der Waals surface area contributed by atoms with Crippen molar-refractivity contribution in [2.45, 2.75) is 6.10 Å². The molecule has 1 atom stereocenters. The number of rotatable bonds is 4. The molecule has 1 rings (SSSR count). The molecule has 0 amide bonds. The Hall–Kier alpha value is -1.64. The Morgan fingerprint density at radius 3 is 3.00 bits per heavy atom. The molecule has 0 aromatic heterocycles. The fourth-order valence-corrected chi connectivity index (χ4v) is 1.16. The van der Waals surface area contributed by atoms with Crippen LogP contribution in [0.25, 0.3) is 0 Å². The van der Waals surface area contributed by atoms with Crippen LogP contribution in [0.1, 0.15) is 11.7 Å². The van der Waals surface area contributed by atoms with Crippen molar-refractivity contribution in [3.8, 4) is 5.75 Å². The Morgan fingerprint density at radius 2 is 2.43 bits per heavy atom. The van der Waals surface area contributed by atoms with E-state index in [1.54, 1.807) is 24.3 Å². The molecule has 74 valence electrons. The summed E-state index contributed by atoms with van der Waals surface area (Å²) < 4.78 is 5.11. The SMILES string of the molecule is COC(CN=C=O)c1cccc(O)c1. The van der Waals surface area contributed by atoms with E-state index in [0.29, 0.717) is 0 Å². The zero-order chi connectivity index (χ0) is 10.4. The number of phenolic OH excluding ortho intramolecular Hbond substituents is 1. The molecule has 0 radical (unpaired) electrons. The second-order valence-corrected chi connectivity index (χ2v) is 2.75. The molecule has 0 aliphatic heterocycles. The standard InChI is InChI=1S/C10H11NO3/c1-14-10(6-11-7-12)8-3-2-4-9(13)5-8/h2-5,10,13H,6H2,1H3. The molecule has 0 bridgehead atoms. The molecule has 0 fully saturated rings. The third-order valence-electron chi connectivity index (χ3n) is 1.85. The van der Waals surface area contributed by atoms with Crippen molar-refractivity contribution in [1.29, 1.82) is 0 Å². The molecule has 4 heteroatoms. The molecule has 1 aromatic carbocycles. The number of aliphatic imine (C=N–C) groups is 1. The van der Waals surface area contributed by atoms with Crippen LogP contribution in [0.2, 0.25) is 0 Å². The van der Waals surface area contributed by atoms with Gasteiger partial charge in [-0.25, -0.2) is 9.79 Å². The maximum Gasteiger partial charge on any atom is 0.235 e. The highest BCUT2D eigenvalue weighted by Gasteiger charge is 2.09. The van der Waals surface area contributed by atoms with Crippen molar-refractivity contribution in [3.63, 3.8) is 0 Å². The predicted octanol–water partition coefficient (Wildman–Crippen LogP) is 1.42. The first-order valence-electron chi connectivity index (χ1n) is 4.13. The van der Waals surface area contributed by atoms with E-state index in [1.807, 2.05) is 0 Å². The van der Waals surface area contributed by atoms with Crippen LogP contribution in [0.3, 0.4) is 0 Å². The van der Waals surface area contributed by atoms with Gasteiger partial charge in [0.25, 0.3) is 0 Å². The van der Waals surface area contributed by atoms with Crippen LogP contribution >= 0.6 is 0 Å². The Labute approximate surface area is 81.9 Å². The van der Waals surface area contributed by atoms with E-state index in [9.17, 15) is 9.90 Å². The number of benzene rings is 1. The summed E-state index contributed by atoms with van der Waals surface area (Å²) in [4.78, 5) is 13.4. The molecular weight excluding hydrogens is 182 g/mol. The van der Waals surface area contributed by atoms with Crippen molar-refractivity contribution in [1.82, 2.24) is 0 Å². The van der Waals surface area contributed by atoms with E-state index in [4.69, 9.17) is 4.74 Å². The first-order valence-corrected chi connectivity index (χ1v) is 4.13. The lowest BCUT2D eigenvalue weighted by atomic mass is 10.1. The number of carbonyl (C=O) groups excluding carboxylic acids is 1. The number of ether oxygens (including phenoxy) is 1. The molecule has 0 spiro atoms. The number of nitrogens with zero attached hydrogens (tertiary/aromatic N) is 1. The van der Waals surface area contributed by atoms with Gasteiger partial charge < -0.3 is 9.84 Å². The molecule has 1 N–H and O–H groups in total. The van der Waals surface area contributed by atoms with Crippen LogP contribution in [0, 0.1) is 0 Å². The Kier molecular flexibility index (Phi) is 3.85. The van der Waals surface area contributed by atoms with Crippen LogP contribution < -0.4 is 0 Å². The third kappa shape index (κ3) is 2.69. The molecule has 1 unspecified atom stereocenters. The Morgan fingerprint density at radius 1 is 1.64 bits per heavy atom. The highest BCUT2D eigenvalue weighted by atomic mass is 16.5. The van der Waals surface area contributed by atoms with Crippen LogP contribution in [-0.2, 0) is 9.53 Å². The number of hydrogen-bond donors (Lipinski definition) is 1. The number of phenols is 1. The van der Waals surface area contributed by atoms with E-state index >= 15 is 0 Å². The second kappa shape index (κ2) is 5.17. The summed E-state index contributed by atoms with van der Waals surface area (Å²) in [6.45, 7) is 0.212. The molecular formula is C10H11NO3. The lowest BCUT2D eigenvalue weighted by Gasteiger charge is -2.12. The lowest BCUT2D eigenvalue weighted by Crippen LogP contribution is -2.04. The summed E-state index contributed by atoms with van der Waals surface area (Å²) in [5, 5.41) is 9.22. The van der Waals surface area contributed by atoms with Gasteiger partial charge in [-0.3, -0.25) is 0 Å². The first kappa shape index (κ1) is 10.4. The van der Waals surface area contributed by atoms with Crippen LogP contribution in [0.5, 0.6) is 5.75 Å². The first-order chi connectivity index (χ1) is 6.77. The monoisotopic (exact) mass is 193 g/mol.